The maximum Gasteiger partial charge on any atom is 0.261 e. The molecule has 3 aromatic rings. The maximum absolute atomic E-state index is 13.2. The number of likely N-dealkylation sites (N-methyl/N-ethyl adjacent to an activating group) is 1. The summed E-state index contributed by atoms with van der Waals surface area (Å²) in [5.41, 5.74) is 1.80. The summed E-state index contributed by atoms with van der Waals surface area (Å²) in [5.74, 6) is 0.0745. The first-order valence-electron chi connectivity index (χ1n) is 10.0. The van der Waals surface area contributed by atoms with Crippen LogP contribution < -0.4 is 10.1 Å². The van der Waals surface area contributed by atoms with Crippen molar-refractivity contribution in [3.8, 4) is 5.75 Å². The van der Waals surface area contributed by atoms with Crippen molar-refractivity contribution in [1.29, 1.82) is 0 Å². The fourth-order valence-electron chi connectivity index (χ4n) is 3.30. The average Bonchev–Trinajstić information content (AvgIpc) is 2.80. The lowest BCUT2D eigenvalue weighted by Crippen LogP contribution is -2.51. The number of hydrogen-bond acceptors (Lipinski definition) is 3. The zero-order chi connectivity index (χ0) is 22.1. The number of rotatable bonds is 9. The first-order valence-corrected chi connectivity index (χ1v) is 10.4. The lowest BCUT2D eigenvalue weighted by atomic mass is 10.0. The summed E-state index contributed by atoms with van der Waals surface area (Å²) >= 11 is 6.14. The number of para-hydroxylation sites is 1. The van der Waals surface area contributed by atoms with E-state index in [9.17, 15) is 9.59 Å². The lowest BCUT2D eigenvalue weighted by molar-refractivity contribution is -0.142. The van der Waals surface area contributed by atoms with E-state index in [0.717, 1.165) is 11.1 Å². The molecule has 31 heavy (non-hydrogen) atoms. The molecule has 0 heterocycles. The number of carbonyl (C=O) groups is 2. The third-order valence-corrected chi connectivity index (χ3v) is 5.10. The molecule has 0 aliphatic carbocycles. The fourth-order valence-corrected chi connectivity index (χ4v) is 3.51. The van der Waals surface area contributed by atoms with E-state index in [1.54, 1.807) is 36.2 Å². The molecule has 0 saturated carbocycles. The number of halogens is 1. The summed E-state index contributed by atoms with van der Waals surface area (Å²) in [6.45, 7) is 0.0648. The van der Waals surface area contributed by atoms with Crippen molar-refractivity contribution in [3.63, 3.8) is 0 Å². The standard InChI is InChI=1S/C25H25ClN2O3/c1-27-25(30)23(16-19-9-4-2-5-10-19)28(17-20-11-8-12-21(26)15-20)24(29)18-31-22-13-6-3-7-14-22/h2-15,23H,16-18H2,1H3,(H,27,30). The minimum absolute atomic E-state index is 0.174. The van der Waals surface area contributed by atoms with Gasteiger partial charge in [-0.1, -0.05) is 72.3 Å². The van der Waals surface area contributed by atoms with Crippen molar-refractivity contribution in [1.82, 2.24) is 10.2 Å². The Bertz CT molecular complexity index is 996. The number of ether oxygens (including phenoxy) is 1. The Labute approximate surface area is 187 Å². The molecule has 0 fully saturated rings. The van der Waals surface area contributed by atoms with Crippen molar-refractivity contribution >= 4 is 23.4 Å². The molecule has 5 nitrogen and oxygen atoms in total. The van der Waals surface area contributed by atoms with Gasteiger partial charge < -0.3 is 15.0 Å². The molecule has 1 N–H and O–H groups in total. The largest absolute Gasteiger partial charge is 0.484 e. The van der Waals surface area contributed by atoms with Gasteiger partial charge in [0.05, 0.1) is 0 Å². The van der Waals surface area contributed by atoms with Crippen LogP contribution in [-0.4, -0.2) is 36.4 Å². The Morgan fingerprint density at radius 2 is 1.58 bits per heavy atom. The van der Waals surface area contributed by atoms with Gasteiger partial charge in [0.15, 0.2) is 6.61 Å². The zero-order valence-electron chi connectivity index (χ0n) is 17.3. The van der Waals surface area contributed by atoms with E-state index in [1.165, 1.54) is 0 Å². The van der Waals surface area contributed by atoms with E-state index in [0.29, 0.717) is 17.2 Å². The van der Waals surface area contributed by atoms with Crippen LogP contribution in [0.25, 0.3) is 0 Å². The molecule has 1 atom stereocenters. The monoisotopic (exact) mass is 436 g/mol. The Morgan fingerprint density at radius 3 is 2.23 bits per heavy atom. The van der Waals surface area contributed by atoms with Crippen LogP contribution in [0.15, 0.2) is 84.9 Å². The van der Waals surface area contributed by atoms with Crippen molar-refractivity contribution in [2.45, 2.75) is 19.0 Å². The number of amides is 2. The molecule has 0 aliphatic rings. The topological polar surface area (TPSA) is 58.6 Å². The number of benzene rings is 3. The van der Waals surface area contributed by atoms with Gasteiger partial charge in [-0.2, -0.15) is 0 Å². The van der Waals surface area contributed by atoms with Gasteiger partial charge in [0, 0.05) is 25.0 Å². The fraction of sp³-hybridized carbons (Fsp3) is 0.200. The third kappa shape index (κ3) is 6.59. The Morgan fingerprint density at radius 1 is 0.935 bits per heavy atom. The molecule has 0 aliphatic heterocycles. The average molecular weight is 437 g/mol. The molecular weight excluding hydrogens is 412 g/mol. The Balaban J connectivity index is 1.87. The second kappa shape index (κ2) is 11.2. The molecule has 2 amide bonds. The van der Waals surface area contributed by atoms with E-state index in [-0.39, 0.29) is 25.0 Å². The molecular formula is C25H25ClN2O3. The quantitative estimate of drug-likeness (QED) is 0.549. The van der Waals surface area contributed by atoms with Crippen LogP contribution in [0.1, 0.15) is 11.1 Å². The lowest BCUT2D eigenvalue weighted by Gasteiger charge is -2.31. The molecule has 0 aromatic heterocycles. The van der Waals surface area contributed by atoms with Gasteiger partial charge in [0.2, 0.25) is 5.91 Å². The van der Waals surface area contributed by atoms with Crippen molar-refractivity contribution in [3.05, 3.63) is 101 Å². The van der Waals surface area contributed by atoms with E-state index in [1.807, 2.05) is 60.7 Å². The smallest absolute Gasteiger partial charge is 0.261 e. The SMILES string of the molecule is CNC(=O)C(Cc1ccccc1)N(Cc1cccc(Cl)c1)C(=O)COc1ccccc1. The molecule has 6 heteroatoms. The summed E-state index contributed by atoms with van der Waals surface area (Å²) in [5, 5.41) is 3.27. The highest BCUT2D eigenvalue weighted by Gasteiger charge is 2.30. The summed E-state index contributed by atoms with van der Waals surface area (Å²) in [6.07, 6.45) is 0.387. The highest BCUT2D eigenvalue weighted by atomic mass is 35.5. The highest BCUT2D eigenvalue weighted by Crippen LogP contribution is 2.18. The van der Waals surface area contributed by atoms with Gasteiger partial charge in [-0.3, -0.25) is 9.59 Å². The highest BCUT2D eigenvalue weighted by molar-refractivity contribution is 6.30. The number of carbonyl (C=O) groups excluding carboxylic acids is 2. The molecule has 160 valence electrons. The second-order valence-electron chi connectivity index (χ2n) is 7.07. The second-order valence-corrected chi connectivity index (χ2v) is 7.51. The van der Waals surface area contributed by atoms with Crippen molar-refractivity contribution in [2.24, 2.45) is 0 Å². The Hall–Kier alpha value is -3.31. The molecule has 1 unspecified atom stereocenters. The van der Waals surface area contributed by atoms with Gasteiger partial charge in [-0.05, 0) is 35.4 Å². The summed E-state index contributed by atoms with van der Waals surface area (Å²) in [7, 11) is 1.57. The first-order chi connectivity index (χ1) is 15.1. The van der Waals surface area contributed by atoms with Gasteiger partial charge >= 0.3 is 0 Å². The predicted molar refractivity (Wildman–Crippen MR) is 122 cm³/mol. The van der Waals surface area contributed by atoms with E-state index in [4.69, 9.17) is 16.3 Å². The van der Waals surface area contributed by atoms with Crippen molar-refractivity contribution < 1.29 is 14.3 Å². The van der Waals surface area contributed by atoms with Gasteiger partial charge in [0.25, 0.3) is 5.91 Å². The molecule has 0 saturated heterocycles. The maximum atomic E-state index is 13.2. The van der Waals surface area contributed by atoms with Crippen LogP contribution in [0.2, 0.25) is 5.02 Å². The van der Waals surface area contributed by atoms with Crippen LogP contribution in [-0.2, 0) is 22.6 Å². The van der Waals surface area contributed by atoms with Crippen LogP contribution in [0.3, 0.4) is 0 Å². The van der Waals surface area contributed by atoms with Gasteiger partial charge in [-0.25, -0.2) is 0 Å². The van der Waals surface area contributed by atoms with E-state index in [2.05, 4.69) is 5.32 Å². The van der Waals surface area contributed by atoms with Crippen LogP contribution in [0.5, 0.6) is 5.75 Å². The van der Waals surface area contributed by atoms with Crippen LogP contribution >= 0.6 is 11.6 Å². The minimum atomic E-state index is -0.696. The molecule has 3 rings (SSSR count). The molecule has 3 aromatic carbocycles. The molecule has 0 bridgehead atoms. The number of nitrogens with one attached hydrogen (secondary N) is 1. The normalized spacial score (nSPS) is 11.4. The van der Waals surface area contributed by atoms with E-state index < -0.39 is 6.04 Å². The minimum Gasteiger partial charge on any atom is -0.484 e. The Kier molecular flexibility index (Phi) is 8.07. The van der Waals surface area contributed by atoms with Gasteiger partial charge in [-0.15, -0.1) is 0 Å². The first kappa shape index (κ1) is 22.4. The zero-order valence-corrected chi connectivity index (χ0v) is 18.1. The summed E-state index contributed by atoms with van der Waals surface area (Å²) < 4.78 is 5.67. The van der Waals surface area contributed by atoms with Crippen molar-refractivity contribution in [2.75, 3.05) is 13.7 Å². The summed E-state index contributed by atoms with van der Waals surface area (Å²) in [6, 6.07) is 25.3. The molecule has 0 spiro atoms. The third-order valence-electron chi connectivity index (χ3n) is 4.86. The van der Waals surface area contributed by atoms with E-state index >= 15 is 0 Å². The van der Waals surface area contributed by atoms with Gasteiger partial charge in [0.1, 0.15) is 11.8 Å². The summed E-state index contributed by atoms with van der Waals surface area (Å²) in [4.78, 5) is 27.6. The van der Waals surface area contributed by atoms with Crippen LogP contribution in [0, 0.1) is 0 Å². The number of nitrogens with zero attached hydrogens (tertiary/aromatic N) is 1. The number of hydrogen-bond donors (Lipinski definition) is 1. The molecule has 0 radical (unpaired) electrons. The van der Waals surface area contributed by atoms with Crippen LogP contribution in [0.4, 0.5) is 0 Å². The predicted octanol–water partition coefficient (Wildman–Crippen LogP) is 4.10.